The van der Waals surface area contributed by atoms with Gasteiger partial charge in [0.1, 0.15) is 11.5 Å². The molecule has 0 amide bonds. The number of furan rings is 1. The summed E-state index contributed by atoms with van der Waals surface area (Å²) in [4.78, 5) is 0. The van der Waals surface area contributed by atoms with Gasteiger partial charge in [-0.2, -0.15) is 0 Å². The topological polar surface area (TPSA) is 34.4 Å². The molecule has 0 bridgehead atoms. The third-order valence-electron chi connectivity index (χ3n) is 2.21. The average molecular weight is 211 g/mol. The fourth-order valence-corrected chi connectivity index (χ4v) is 1.43. The van der Waals surface area contributed by atoms with Gasteiger partial charge in [0.2, 0.25) is 0 Å². The van der Waals surface area contributed by atoms with Gasteiger partial charge in [-0.25, -0.2) is 0 Å². The molecule has 0 aliphatic rings. The lowest BCUT2D eigenvalue weighted by Crippen LogP contribution is -2.28. The first-order chi connectivity index (χ1) is 7.13. The number of nitrogens with one attached hydrogen (secondary N) is 1. The fraction of sp³-hybridized carbons (Fsp3) is 0.667. The Kier molecular flexibility index (Phi) is 4.85. The van der Waals surface area contributed by atoms with Crippen LogP contribution in [-0.2, 0) is 4.74 Å². The molecule has 1 unspecified atom stereocenters. The van der Waals surface area contributed by atoms with E-state index < -0.39 is 0 Å². The normalized spacial score (nSPS) is 13.4. The molecule has 15 heavy (non-hydrogen) atoms. The van der Waals surface area contributed by atoms with Crippen LogP contribution in [0.15, 0.2) is 16.5 Å². The van der Waals surface area contributed by atoms with Crippen LogP contribution in [0.4, 0.5) is 0 Å². The molecule has 3 heteroatoms. The Morgan fingerprint density at radius 2 is 2.13 bits per heavy atom. The first-order valence-electron chi connectivity index (χ1n) is 5.42. The Bertz CT molecular complexity index is 281. The number of ether oxygens (including phenoxy) is 1. The van der Waals surface area contributed by atoms with E-state index in [9.17, 15) is 0 Å². The van der Waals surface area contributed by atoms with Gasteiger partial charge in [-0.1, -0.05) is 13.8 Å². The molecule has 0 saturated heterocycles. The van der Waals surface area contributed by atoms with Crippen LogP contribution in [0, 0.1) is 12.8 Å². The highest BCUT2D eigenvalue weighted by Gasteiger charge is 2.14. The molecule has 1 atom stereocenters. The molecule has 1 heterocycles. The van der Waals surface area contributed by atoms with Gasteiger partial charge in [0.05, 0.1) is 12.6 Å². The molecule has 1 aromatic heterocycles. The maximum atomic E-state index is 5.59. The van der Waals surface area contributed by atoms with Crippen LogP contribution >= 0.6 is 0 Å². The van der Waals surface area contributed by atoms with E-state index in [-0.39, 0.29) is 6.04 Å². The lowest BCUT2D eigenvalue weighted by Gasteiger charge is -2.17. The lowest BCUT2D eigenvalue weighted by atomic mass is 10.2. The Morgan fingerprint density at radius 3 is 2.60 bits per heavy atom. The second-order valence-corrected chi connectivity index (χ2v) is 4.26. The summed E-state index contributed by atoms with van der Waals surface area (Å²) in [5, 5.41) is 3.43. The summed E-state index contributed by atoms with van der Waals surface area (Å²) < 4.78 is 10.8. The largest absolute Gasteiger partial charge is 0.465 e. The number of rotatable bonds is 6. The zero-order valence-corrected chi connectivity index (χ0v) is 10.0. The monoisotopic (exact) mass is 211 g/mol. The first kappa shape index (κ1) is 12.3. The maximum absolute atomic E-state index is 5.59. The van der Waals surface area contributed by atoms with Gasteiger partial charge >= 0.3 is 0 Å². The molecule has 0 aliphatic carbocycles. The van der Waals surface area contributed by atoms with Crippen molar-refractivity contribution in [2.45, 2.75) is 26.8 Å². The zero-order chi connectivity index (χ0) is 11.3. The third-order valence-corrected chi connectivity index (χ3v) is 2.21. The van der Waals surface area contributed by atoms with Crippen molar-refractivity contribution >= 4 is 0 Å². The predicted octanol–water partition coefficient (Wildman–Crippen LogP) is 2.52. The number of methoxy groups -OCH3 is 1. The molecule has 0 aromatic carbocycles. The van der Waals surface area contributed by atoms with Crippen LogP contribution in [0.1, 0.15) is 31.4 Å². The van der Waals surface area contributed by atoms with Gasteiger partial charge < -0.3 is 14.5 Å². The summed E-state index contributed by atoms with van der Waals surface area (Å²) in [6.45, 7) is 7.93. The number of hydrogen-bond acceptors (Lipinski definition) is 3. The van der Waals surface area contributed by atoms with Crippen molar-refractivity contribution < 1.29 is 9.15 Å². The minimum Gasteiger partial charge on any atom is -0.465 e. The van der Waals surface area contributed by atoms with Crippen LogP contribution < -0.4 is 5.32 Å². The van der Waals surface area contributed by atoms with Gasteiger partial charge in [0, 0.05) is 7.11 Å². The van der Waals surface area contributed by atoms with Crippen molar-refractivity contribution in [2.24, 2.45) is 5.92 Å². The molecule has 3 nitrogen and oxygen atoms in total. The van der Waals surface area contributed by atoms with E-state index in [1.807, 2.05) is 19.1 Å². The molecule has 86 valence electrons. The van der Waals surface area contributed by atoms with Gasteiger partial charge in [-0.15, -0.1) is 0 Å². The molecule has 1 N–H and O–H groups in total. The summed E-state index contributed by atoms with van der Waals surface area (Å²) >= 11 is 0. The fourth-order valence-electron chi connectivity index (χ4n) is 1.43. The van der Waals surface area contributed by atoms with E-state index >= 15 is 0 Å². The number of aryl methyl sites for hydroxylation is 1. The van der Waals surface area contributed by atoms with Gasteiger partial charge in [0.15, 0.2) is 0 Å². The molecule has 0 fully saturated rings. The van der Waals surface area contributed by atoms with Crippen molar-refractivity contribution in [1.29, 1.82) is 0 Å². The third kappa shape index (κ3) is 4.06. The SMILES string of the molecule is COCC(NCC(C)C)c1ccc(C)o1. The summed E-state index contributed by atoms with van der Waals surface area (Å²) in [7, 11) is 1.71. The van der Waals surface area contributed by atoms with Crippen LogP contribution in [0.2, 0.25) is 0 Å². The van der Waals surface area contributed by atoms with Crippen LogP contribution in [-0.4, -0.2) is 20.3 Å². The first-order valence-corrected chi connectivity index (χ1v) is 5.42. The van der Waals surface area contributed by atoms with Gasteiger partial charge in [0.25, 0.3) is 0 Å². The van der Waals surface area contributed by atoms with E-state index in [0.717, 1.165) is 18.1 Å². The minimum absolute atomic E-state index is 0.158. The lowest BCUT2D eigenvalue weighted by molar-refractivity contribution is 0.155. The smallest absolute Gasteiger partial charge is 0.123 e. The quantitative estimate of drug-likeness (QED) is 0.785. The molecule has 0 saturated carbocycles. The Balaban J connectivity index is 2.57. The van der Waals surface area contributed by atoms with Crippen LogP contribution in [0.3, 0.4) is 0 Å². The summed E-state index contributed by atoms with van der Waals surface area (Å²) in [6, 6.07) is 4.15. The van der Waals surface area contributed by atoms with E-state index in [1.54, 1.807) is 7.11 Å². The highest BCUT2D eigenvalue weighted by molar-refractivity contribution is 5.09. The molecular formula is C12H21NO2. The van der Waals surface area contributed by atoms with E-state index in [4.69, 9.17) is 9.15 Å². The van der Waals surface area contributed by atoms with Crippen LogP contribution in [0.5, 0.6) is 0 Å². The second kappa shape index (κ2) is 5.93. The molecule has 1 rings (SSSR count). The maximum Gasteiger partial charge on any atom is 0.123 e. The second-order valence-electron chi connectivity index (χ2n) is 4.26. The van der Waals surface area contributed by atoms with Crippen LogP contribution in [0.25, 0.3) is 0 Å². The molecule has 1 aromatic rings. The summed E-state index contributed by atoms with van der Waals surface area (Å²) in [5.74, 6) is 2.52. The highest BCUT2D eigenvalue weighted by Crippen LogP contribution is 2.16. The van der Waals surface area contributed by atoms with Gasteiger partial charge in [-0.05, 0) is 31.5 Å². The molecule has 0 radical (unpaired) electrons. The highest BCUT2D eigenvalue weighted by atomic mass is 16.5. The Labute approximate surface area is 91.8 Å². The Morgan fingerprint density at radius 1 is 1.40 bits per heavy atom. The van der Waals surface area contributed by atoms with Crippen molar-refractivity contribution in [2.75, 3.05) is 20.3 Å². The van der Waals surface area contributed by atoms with E-state index in [1.165, 1.54) is 0 Å². The van der Waals surface area contributed by atoms with Crippen molar-refractivity contribution in [1.82, 2.24) is 5.32 Å². The van der Waals surface area contributed by atoms with Crippen molar-refractivity contribution in [3.63, 3.8) is 0 Å². The summed E-state index contributed by atoms with van der Waals surface area (Å²) in [5.41, 5.74) is 0. The van der Waals surface area contributed by atoms with Gasteiger partial charge in [-0.3, -0.25) is 0 Å². The number of hydrogen-bond donors (Lipinski definition) is 1. The zero-order valence-electron chi connectivity index (χ0n) is 10.0. The Hall–Kier alpha value is -0.800. The standard InChI is InChI=1S/C12H21NO2/c1-9(2)7-13-11(8-14-4)12-6-5-10(3)15-12/h5-6,9,11,13H,7-8H2,1-4H3. The minimum atomic E-state index is 0.158. The predicted molar refractivity (Wildman–Crippen MR) is 60.9 cm³/mol. The van der Waals surface area contributed by atoms with Crippen molar-refractivity contribution in [3.05, 3.63) is 23.7 Å². The molecule has 0 spiro atoms. The van der Waals surface area contributed by atoms with E-state index in [2.05, 4.69) is 19.2 Å². The van der Waals surface area contributed by atoms with E-state index in [0.29, 0.717) is 12.5 Å². The van der Waals surface area contributed by atoms with Crippen molar-refractivity contribution in [3.8, 4) is 0 Å². The summed E-state index contributed by atoms with van der Waals surface area (Å²) in [6.07, 6.45) is 0. The molecular weight excluding hydrogens is 190 g/mol. The average Bonchev–Trinajstić information content (AvgIpc) is 2.59. The molecule has 0 aliphatic heterocycles.